The van der Waals surface area contributed by atoms with Crippen molar-refractivity contribution >= 4 is 0 Å². The van der Waals surface area contributed by atoms with Crippen LogP contribution in [-0.2, 0) is 7.05 Å². The van der Waals surface area contributed by atoms with E-state index in [0.717, 1.165) is 24.8 Å². The fraction of sp³-hybridized carbons (Fsp3) is 0.846. The smallest absolute Gasteiger partial charge is 0.149 e. The molecule has 1 aromatic heterocycles. The molecule has 2 atom stereocenters. The van der Waals surface area contributed by atoms with Gasteiger partial charge in [0.1, 0.15) is 12.2 Å². The third kappa shape index (κ3) is 3.09. The Morgan fingerprint density at radius 3 is 2.83 bits per heavy atom. The molecule has 18 heavy (non-hydrogen) atoms. The van der Waals surface area contributed by atoms with Crippen LogP contribution in [0.1, 0.15) is 39.1 Å². The predicted molar refractivity (Wildman–Crippen MR) is 72.2 cm³/mol. The number of hydrogen-bond acceptors (Lipinski definition) is 4. The van der Waals surface area contributed by atoms with E-state index in [1.54, 1.807) is 6.33 Å². The fourth-order valence-corrected chi connectivity index (χ4v) is 2.62. The average Bonchev–Trinajstić information content (AvgIpc) is 2.94. The van der Waals surface area contributed by atoms with E-state index >= 15 is 0 Å². The Labute approximate surface area is 110 Å². The summed E-state index contributed by atoms with van der Waals surface area (Å²) in [4.78, 5) is 2.51. The summed E-state index contributed by atoms with van der Waals surface area (Å²) in [5, 5.41) is 11.7. The zero-order valence-electron chi connectivity index (χ0n) is 11.9. The van der Waals surface area contributed by atoms with Crippen LogP contribution < -0.4 is 5.32 Å². The molecular weight excluding hydrogens is 226 g/mol. The van der Waals surface area contributed by atoms with E-state index in [2.05, 4.69) is 41.2 Å². The van der Waals surface area contributed by atoms with Gasteiger partial charge in [-0.3, -0.25) is 4.90 Å². The van der Waals surface area contributed by atoms with Crippen molar-refractivity contribution in [3.63, 3.8) is 0 Å². The summed E-state index contributed by atoms with van der Waals surface area (Å²) in [6.07, 6.45) is 3.06. The summed E-state index contributed by atoms with van der Waals surface area (Å²) in [6, 6.07) is 0.941. The molecule has 102 valence electrons. The molecular formula is C13H25N5. The van der Waals surface area contributed by atoms with Gasteiger partial charge in [0.15, 0.2) is 0 Å². The van der Waals surface area contributed by atoms with Crippen LogP contribution in [0.4, 0.5) is 0 Å². The van der Waals surface area contributed by atoms with Crippen LogP contribution >= 0.6 is 0 Å². The molecule has 2 rings (SSSR count). The largest absolute Gasteiger partial charge is 0.319 e. The van der Waals surface area contributed by atoms with Gasteiger partial charge in [0, 0.05) is 19.6 Å². The predicted octanol–water partition coefficient (Wildman–Crippen LogP) is 1.20. The van der Waals surface area contributed by atoms with Gasteiger partial charge in [-0.05, 0) is 32.4 Å². The van der Waals surface area contributed by atoms with Crippen molar-refractivity contribution in [3.05, 3.63) is 12.2 Å². The highest BCUT2D eigenvalue weighted by Crippen LogP contribution is 2.25. The Balaban J connectivity index is 1.87. The Morgan fingerprint density at radius 1 is 1.44 bits per heavy atom. The molecule has 2 unspecified atom stereocenters. The van der Waals surface area contributed by atoms with E-state index < -0.39 is 0 Å². The molecule has 5 heteroatoms. The van der Waals surface area contributed by atoms with E-state index in [0.29, 0.717) is 12.1 Å². The third-order valence-electron chi connectivity index (χ3n) is 3.80. The van der Waals surface area contributed by atoms with Crippen molar-refractivity contribution in [1.29, 1.82) is 0 Å². The lowest BCUT2D eigenvalue weighted by Gasteiger charge is -2.23. The van der Waals surface area contributed by atoms with Gasteiger partial charge in [0.05, 0.1) is 6.04 Å². The molecule has 0 aromatic carbocycles. The minimum atomic E-state index is 0.363. The highest BCUT2D eigenvalue weighted by Gasteiger charge is 2.28. The van der Waals surface area contributed by atoms with Crippen LogP contribution in [0, 0.1) is 5.92 Å². The Kier molecular flexibility index (Phi) is 4.35. The van der Waals surface area contributed by atoms with E-state index in [1.807, 2.05) is 11.6 Å². The number of aromatic nitrogens is 3. The maximum Gasteiger partial charge on any atom is 0.149 e. The van der Waals surface area contributed by atoms with Gasteiger partial charge in [0.2, 0.25) is 0 Å². The molecule has 1 fully saturated rings. The van der Waals surface area contributed by atoms with Crippen molar-refractivity contribution < 1.29 is 0 Å². The minimum Gasteiger partial charge on any atom is -0.319 e. The van der Waals surface area contributed by atoms with Gasteiger partial charge in [-0.15, -0.1) is 10.2 Å². The van der Waals surface area contributed by atoms with Crippen LogP contribution in [0.2, 0.25) is 0 Å². The Morgan fingerprint density at radius 2 is 2.22 bits per heavy atom. The maximum absolute atomic E-state index is 4.22. The van der Waals surface area contributed by atoms with Crippen molar-refractivity contribution in [3.8, 4) is 0 Å². The number of rotatable bonds is 5. The number of nitrogens with zero attached hydrogens (tertiary/aromatic N) is 4. The maximum atomic E-state index is 4.22. The number of aryl methyl sites for hydroxylation is 1. The molecule has 1 aliphatic rings. The van der Waals surface area contributed by atoms with Crippen molar-refractivity contribution in [2.24, 2.45) is 13.0 Å². The van der Waals surface area contributed by atoms with Gasteiger partial charge >= 0.3 is 0 Å². The summed E-state index contributed by atoms with van der Waals surface area (Å²) in [6.45, 7) is 10.1. The number of likely N-dealkylation sites (tertiary alicyclic amines) is 1. The average molecular weight is 251 g/mol. The van der Waals surface area contributed by atoms with Crippen LogP contribution in [0.5, 0.6) is 0 Å². The summed E-state index contributed by atoms with van der Waals surface area (Å²) in [5.74, 6) is 1.83. The molecule has 0 saturated carbocycles. The van der Waals surface area contributed by atoms with Crippen LogP contribution in [0.25, 0.3) is 0 Å². The summed E-state index contributed by atoms with van der Waals surface area (Å²) < 4.78 is 2.02. The zero-order chi connectivity index (χ0) is 13.1. The second-order valence-electron chi connectivity index (χ2n) is 5.69. The Bertz CT molecular complexity index is 373. The molecule has 1 N–H and O–H groups in total. The Hall–Kier alpha value is -0.940. The first-order valence-corrected chi connectivity index (χ1v) is 6.89. The topological polar surface area (TPSA) is 46.0 Å². The van der Waals surface area contributed by atoms with Crippen molar-refractivity contribution in [2.75, 3.05) is 19.6 Å². The number of nitrogens with one attached hydrogen (secondary N) is 1. The van der Waals surface area contributed by atoms with Crippen LogP contribution in [-0.4, -0.2) is 45.3 Å². The second kappa shape index (κ2) is 5.80. The fourth-order valence-electron chi connectivity index (χ4n) is 2.62. The van der Waals surface area contributed by atoms with Gasteiger partial charge in [0.25, 0.3) is 0 Å². The quantitative estimate of drug-likeness (QED) is 0.854. The molecule has 0 spiro atoms. The van der Waals surface area contributed by atoms with E-state index in [1.165, 1.54) is 13.0 Å². The molecule has 0 aliphatic carbocycles. The van der Waals surface area contributed by atoms with E-state index in [-0.39, 0.29) is 0 Å². The normalized spacial score (nSPS) is 22.8. The lowest BCUT2D eigenvalue weighted by molar-refractivity contribution is 0.238. The molecule has 2 heterocycles. The van der Waals surface area contributed by atoms with Gasteiger partial charge in [-0.25, -0.2) is 0 Å². The minimum absolute atomic E-state index is 0.363. The molecule has 1 aliphatic heterocycles. The molecule has 0 amide bonds. The lowest BCUT2D eigenvalue weighted by Crippen LogP contribution is -2.32. The number of hydrogen-bond donors (Lipinski definition) is 1. The summed E-state index contributed by atoms with van der Waals surface area (Å²) in [7, 11) is 2.01. The van der Waals surface area contributed by atoms with E-state index in [4.69, 9.17) is 0 Å². The lowest BCUT2D eigenvalue weighted by atomic mass is 10.1. The monoisotopic (exact) mass is 251 g/mol. The van der Waals surface area contributed by atoms with Crippen LogP contribution in [0.3, 0.4) is 0 Å². The molecule has 5 nitrogen and oxygen atoms in total. The SMILES string of the molecule is CC(C)NCC1CCN(C(C)c2nncn2C)C1. The standard InChI is InChI=1S/C13H25N5/c1-10(2)14-7-12-5-6-18(8-12)11(3)13-16-15-9-17(13)4/h9-12,14H,5-8H2,1-4H3. The van der Waals surface area contributed by atoms with Crippen LogP contribution in [0.15, 0.2) is 6.33 Å². The van der Waals surface area contributed by atoms with Crippen molar-refractivity contribution in [1.82, 2.24) is 25.0 Å². The van der Waals surface area contributed by atoms with Gasteiger partial charge in [-0.2, -0.15) is 0 Å². The first-order valence-electron chi connectivity index (χ1n) is 6.89. The van der Waals surface area contributed by atoms with Gasteiger partial charge < -0.3 is 9.88 Å². The first-order chi connectivity index (χ1) is 8.58. The molecule has 0 radical (unpaired) electrons. The third-order valence-corrected chi connectivity index (χ3v) is 3.80. The summed E-state index contributed by atoms with van der Waals surface area (Å²) in [5.41, 5.74) is 0. The first kappa shape index (κ1) is 13.5. The molecule has 0 bridgehead atoms. The second-order valence-corrected chi connectivity index (χ2v) is 5.69. The zero-order valence-corrected chi connectivity index (χ0v) is 11.9. The van der Waals surface area contributed by atoms with E-state index in [9.17, 15) is 0 Å². The van der Waals surface area contributed by atoms with Crippen molar-refractivity contribution in [2.45, 2.75) is 39.3 Å². The molecule has 1 aromatic rings. The highest BCUT2D eigenvalue weighted by molar-refractivity contribution is 4.95. The van der Waals surface area contributed by atoms with Gasteiger partial charge in [-0.1, -0.05) is 13.8 Å². The summed E-state index contributed by atoms with van der Waals surface area (Å²) >= 11 is 0. The molecule has 1 saturated heterocycles. The highest BCUT2D eigenvalue weighted by atomic mass is 15.3.